The van der Waals surface area contributed by atoms with Crippen LogP contribution in [0.5, 0.6) is 0 Å². The second-order valence-electron chi connectivity index (χ2n) is 7.38. The van der Waals surface area contributed by atoms with Crippen LogP contribution < -0.4 is 10.6 Å². The molecule has 7 nitrogen and oxygen atoms in total. The summed E-state index contributed by atoms with van der Waals surface area (Å²) < 4.78 is 2.07. The number of imidazole rings is 2. The largest absolute Gasteiger partial charge is 0.335 e. The lowest BCUT2D eigenvalue weighted by molar-refractivity contribution is 0.845. The third kappa shape index (κ3) is 3.30. The molecule has 0 atom stereocenters. The van der Waals surface area contributed by atoms with Gasteiger partial charge in [0.25, 0.3) is 0 Å². The lowest BCUT2D eigenvalue weighted by Gasteiger charge is -2.02. The van der Waals surface area contributed by atoms with Gasteiger partial charge in [-0.25, -0.2) is 9.97 Å². The number of aromatic nitrogens is 7. The standard InChI is InChI=1S/C23H21N7S/c1-13(19-12-25-15(3)30(19)4)7-8-17-14(2)21(29-28-17)23-26-18-11-24-10-16(22(18)27-23)20-6-5-9-31-20/h5-12,28H,2H2,1,3-4H3,(H,26,27)/b13-7+,17-8+. The van der Waals surface area contributed by atoms with Crippen LogP contribution in [0.2, 0.25) is 0 Å². The first-order valence-corrected chi connectivity index (χ1v) is 10.7. The Kier molecular flexibility index (Phi) is 4.63. The van der Waals surface area contributed by atoms with Gasteiger partial charge in [-0.2, -0.15) is 5.10 Å². The fourth-order valence-corrected chi connectivity index (χ4v) is 4.27. The van der Waals surface area contributed by atoms with Gasteiger partial charge in [-0.3, -0.25) is 10.1 Å². The van der Waals surface area contributed by atoms with Gasteiger partial charge >= 0.3 is 0 Å². The van der Waals surface area contributed by atoms with Crippen molar-refractivity contribution in [1.29, 1.82) is 0 Å². The SMILES string of the molecule is C=c1c(-c2nc3c(-c4cccs4)cncc3[nH]2)n[nH]/c1=C/C=C(\C)c1cnc(C)n1C. The van der Waals surface area contributed by atoms with Crippen LogP contribution in [0.3, 0.4) is 0 Å². The lowest BCUT2D eigenvalue weighted by atomic mass is 10.2. The van der Waals surface area contributed by atoms with Crippen molar-refractivity contribution in [3.05, 3.63) is 64.3 Å². The van der Waals surface area contributed by atoms with Crippen LogP contribution in [0, 0.1) is 6.92 Å². The van der Waals surface area contributed by atoms with Crippen molar-refractivity contribution >= 4 is 40.6 Å². The van der Waals surface area contributed by atoms with Gasteiger partial charge in [0.2, 0.25) is 0 Å². The summed E-state index contributed by atoms with van der Waals surface area (Å²) in [5, 5.41) is 11.2. The van der Waals surface area contributed by atoms with Crippen molar-refractivity contribution in [1.82, 2.24) is 34.7 Å². The second kappa shape index (κ2) is 7.48. The van der Waals surface area contributed by atoms with Crippen molar-refractivity contribution in [3.8, 4) is 22.0 Å². The highest BCUT2D eigenvalue weighted by molar-refractivity contribution is 7.13. The summed E-state index contributed by atoms with van der Waals surface area (Å²) in [4.78, 5) is 18.0. The molecule has 0 aliphatic carbocycles. The molecule has 31 heavy (non-hydrogen) atoms. The summed E-state index contributed by atoms with van der Waals surface area (Å²) in [5.41, 5.74) is 5.63. The molecule has 0 saturated heterocycles. The minimum absolute atomic E-state index is 0.671. The first kappa shape index (κ1) is 19.2. The zero-order valence-electron chi connectivity index (χ0n) is 17.5. The molecule has 0 aromatic carbocycles. The second-order valence-corrected chi connectivity index (χ2v) is 8.32. The molecule has 5 aromatic heterocycles. The molecular weight excluding hydrogens is 406 g/mol. The van der Waals surface area contributed by atoms with Crippen molar-refractivity contribution < 1.29 is 0 Å². The van der Waals surface area contributed by atoms with Crippen LogP contribution in [-0.4, -0.2) is 34.7 Å². The molecule has 5 heterocycles. The molecule has 0 amide bonds. The predicted molar refractivity (Wildman–Crippen MR) is 126 cm³/mol. The molecular formula is C23H21N7S. The van der Waals surface area contributed by atoms with E-state index in [4.69, 9.17) is 4.98 Å². The summed E-state index contributed by atoms with van der Waals surface area (Å²) in [5.74, 6) is 1.65. The number of nitrogens with zero attached hydrogens (tertiary/aromatic N) is 5. The Bertz CT molecular complexity index is 1530. The average molecular weight is 428 g/mol. The van der Waals surface area contributed by atoms with E-state index in [0.717, 1.165) is 49.1 Å². The van der Waals surface area contributed by atoms with Crippen molar-refractivity contribution in [2.24, 2.45) is 7.05 Å². The predicted octanol–water partition coefficient (Wildman–Crippen LogP) is 3.41. The highest BCUT2D eigenvalue weighted by Crippen LogP contribution is 2.30. The fraction of sp³-hybridized carbons (Fsp3) is 0.130. The van der Waals surface area contributed by atoms with E-state index in [1.807, 2.05) is 50.0 Å². The molecule has 5 rings (SSSR count). The molecule has 154 valence electrons. The Labute approximate surface area is 182 Å². The van der Waals surface area contributed by atoms with E-state index in [-0.39, 0.29) is 0 Å². The number of aryl methyl sites for hydroxylation is 1. The first-order chi connectivity index (χ1) is 15.0. The fourth-order valence-electron chi connectivity index (χ4n) is 3.53. The van der Waals surface area contributed by atoms with Crippen LogP contribution in [-0.2, 0) is 7.05 Å². The molecule has 0 fully saturated rings. The number of nitrogens with one attached hydrogen (secondary N) is 2. The van der Waals surface area contributed by atoms with Crippen LogP contribution in [0.4, 0.5) is 0 Å². The molecule has 0 saturated carbocycles. The molecule has 8 heteroatoms. The smallest absolute Gasteiger partial charge is 0.159 e. The van der Waals surface area contributed by atoms with E-state index in [1.54, 1.807) is 17.5 Å². The van der Waals surface area contributed by atoms with E-state index in [2.05, 4.69) is 49.3 Å². The summed E-state index contributed by atoms with van der Waals surface area (Å²) in [6.45, 7) is 8.28. The quantitative estimate of drug-likeness (QED) is 0.460. The number of hydrogen-bond acceptors (Lipinski definition) is 5. The van der Waals surface area contributed by atoms with Gasteiger partial charge in [0.15, 0.2) is 5.82 Å². The van der Waals surface area contributed by atoms with Gasteiger partial charge < -0.3 is 9.55 Å². The zero-order valence-corrected chi connectivity index (χ0v) is 18.3. The number of pyridine rings is 1. The number of H-pyrrole nitrogens is 2. The summed E-state index contributed by atoms with van der Waals surface area (Å²) in [6, 6.07) is 4.10. The highest BCUT2D eigenvalue weighted by atomic mass is 32.1. The Hall–Kier alpha value is -3.78. The van der Waals surface area contributed by atoms with Crippen LogP contribution >= 0.6 is 11.3 Å². The van der Waals surface area contributed by atoms with E-state index >= 15 is 0 Å². The summed E-state index contributed by atoms with van der Waals surface area (Å²) >= 11 is 1.67. The van der Waals surface area contributed by atoms with Gasteiger partial charge in [0.05, 0.1) is 29.0 Å². The third-order valence-corrected chi connectivity index (χ3v) is 6.33. The van der Waals surface area contributed by atoms with Gasteiger partial charge in [-0.1, -0.05) is 18.7 Å². The zero-order chi connectivity index (χ0) is 21.5. The van der Waals surface area contributed by atoms with Crippen molar-refractivity contribution in [2.45, 2.75) is 13.8 Å². The third-order valence-electron chi connectivity index (χ3n) is 5.43. The van der Waals surface area contributed by atoms with E-state index in [1.165, 1.54) is 0 Å². The van der Waals surface area contributed by atoms with Crippen LogP contribution in [0.15, 0.2) is 42.2 Å². The normalized spacial score (nSPS) is 12.9. The molecule has 0 spiro atoms. The average Bonchev–Trinajstić information content (AvgIpc) is 3.54. The minimum Gasteiger partial charge on any atom is -0.335 e. The molecule has 0 bridgehead atoms. The van der Waals surface area contributed by atoms with E-state index in [0.29, 0.717) is 11.5 Å². The van der Waals surface area contributed by atoms with E-state index in [9.17, 15) is 0 Å². The number of allylic oxidation sites excluding steroid dienone is 2. The molecule has 0 aliphatic heterocycles. The molecule has 2 N–H and O–H groups in total. The molecule has 5 aromatic rings. The van der Waals surface area contributed by atoms with Gasteiger partial charge in [-0.05, 0) is 36.9 Å². The summed E-state index contributed by atoms with van der Waals surface area (Å²) in [6.07, 6.45) is 9.54. The molecule has 0 unspecified atom stereocenters. The number of rotatable bonds is 4. The number of aromatic amines is 2. The monoisotopic (exact) mass is 427 g/mol. The number of thiophene rings is 1. The number of hydrogen-bond donors (Lipinski definition) is 2. The maximum atomic E-state index is 4.82. The van der Waals surface area contributed by atoms with E-state index < -0.39 is 0 Å². The molecule has 0 aliphatic rings. The van der Waals surface area contributed by atoms with Gasteiger partial charge in [-0.15, -0.1) is 11.3 Å². The van der Waals surface area contributed by atoms with Gasteiger partial charge in [0.1, 0.15) is 17.0 Å². The first-order valence-electron chi connectivity index (χ1n) is 9.81. The Morgan fingerprint density at radius 2 is 2.13 bits per heavy atom. The topological polar surface area (TPSA) is 88.1 Å². The minimum atomic E-state index is 0.671. The van der Waals surface area contributed by atoms with Gasteiger partial charge in [0, 0.05) is 28.9 Å². The Morgan fingerprint density at radius 1 is 1.26 bits per heavy atom. The Balaban J connectivity index is 1.55. The van der Waals surface area contributed by atoms with Crippen LogP contribution in [0.1, 0.15) is 18.4 Å². The Morgan fingerprint density at radius 3 is 2.87 bits per heavy atom. The van der Waals surface area contributed by atoms with Crippen LogP contribution in [0.25, 0.3) is 51.2 Å². The number of fused-ring (bicyclic) bond motifs is 1. The maximum Gasteiger partial charge on any atom is 0.159 e. The highest BCUT2D eigenvalue weighted by Gasteiger charge is 2.14. The maximum absolute atomic E-state index is 4.82. The molecule has 0 radical (unpaired) electrons. The summed E-state index contributed by atoms with van der Waals surface area (Å²) in [7, 11) is 2.01. The van der Waals surface area contributed by atoms with Crippen molar-refractivity contribution in [3.63, 3.8) is 0 Å². The lowest BCUT2D eigenvalue weighted by Crippen LogP contribution is -2.21. The van der Waals surface area contributed by atoms with Crippen molar-refractivity contribution in [2.75, 3.05) is 0 Å².